The van der Waals surface area contributed by atoms with Crippen LogP contribution in [0.5, 0.6) is 0 Å². The molecule has 17 heteroatoms. The van der Waals surface area contributed by atoms with Crippen molar-refractivity contribution in [1.82, 2.24) is 0 Å². The fraction of sp³-hybridized carbons (Fsp3) is 1.00. The first-order chi connectivity index (χ1) is 29.8. The van der Waals surface area contributed by atoms with Crippen molar-refractivity contribution in [3.63, 3.8) is 0 Å². The molecule has 4 saturated carbocycles. The topological polar surface area (TPSA) is 256 Å². The Bertz CT molecular complexity index is 1600. The largest absolute Gasteiger partial charge is 0.394 e. The van der Waals surface area contributed by atoms with Crippen LogP contribution in [0.3, 0.4) is 0 Å². The maximum Gasteiger partial charge on any atom is 0.187 e. The molecule has 0 unspecified atom stereocenters. The molecule has 5 aliphatic heterocycles. The van der Waals surface area contributed by atoms with Crippen LogP contribution in [0.2, 0.25) is 0 Å². The second-order valence-electron chi connectivity index (χ2n) is 22.2. The van der Waals surface area contributed by atoms with Gasteiger partial charge in [0.1, 0.15) is 67.1 Å². The number of aliphatic hydroxyl groups excluding tert-OH is 9. The molecule has 5 saturated heterocycles. The maximum absolute atomic E-state index is 11.8. The Morgan fingerprint density at radius 3 is 1.98 bits per heavy atom. The van der Waals surface area contributed by atoms with Crippen LogP contribution in [0.4, 0.5) is 0 Å². The van der Waals surface area contributed by atoms with Gasteiger partial charge >= 0.3 is 0 Å². The van der Waals surface area contributed by atoms with Crippen molar-refractivity contribution in [3.8, 4) is 0 Å². The number of aliphatic hydroxyl groups is 9. The Kier molecular flexibility index (Phi) is 13.1. The number of fused-ring (bicyclic) bond motifs is 7. The molecule has 0 aromatic carbocycles. The summed E-state index contributed by atoms with van der Waals surface area (Å²) in [6.45, 7) is 12.9. The lowest BCUT2D eigenvalue weighted by Gasteiger charge is -2.65. The normalized spacial score (nSPS) is 59.4. The van der Waals surface area contributed by atoms with Gasteiger partial charge in [-0.15, -0.1) is 0 Å². The highest BCUT2D eigenvalue weighted by Crippen LogP contribution is 2.73. The van der Waals surface area contributed by atoms with E-state index in [4.69, 9.17) is 37.9 Å². The van der Waals surface area contributed by atoms with Gasteiger partial charge in [-0.2, -0.15) is 0 Å². The van der Waals surface area contributed by atoms with Crippen molar-refractivity contribution in [2.75, 3.05) is 19.8 Å². The summed E-state index contributed by atoms with van der Waals surface area (Å²) in [6.07, 6.45) is -13.1. The van der Waals surface area contributed by atoms with Crippen LogP contribution < -0.4 is 0 Å². The third-order valence-electron chi connectivity index (χ3n) is 19.0. The zero-order valence-electron chi connectivity index (χ0n) is 37.8. The lowest BCUT2D eigenvalue weighted by atomic mass is 9.40. The molecule has 9 rings (SSSR count). The second kappa shape index (κ2) is 17.4. The lowest BCUT2D eigenvalue weighted by Crippen LogP contribution is -2.67. The Morgan fingerprint density at radius 1 is 0.603 bits per heavy atom. The fourth-order valence-electron chi connectivity index (χ4n) is 15.0. The van der Waals surface area contributed by atoms with Crippen LogP contribution in [0.15, 0.2) is 0 Å². The molecule has 5 heterocycles. The summed E-state index contributed by atoms with van der Waals surface area (Å²) in [5.74, 6) is 2.79. The van der Waals surface area contributed by atoms with E-state index in [1.54, 1.807) is 0 Å². The van der Waals surface area contributed by atoms with E-state index in [9.17, 15) is 46.0 Å². The van der Waals surface area contributed by atoms with E-state index in [-0.39, 0.29) is 28.5 Å². The highest BCUT2D eigenvalue weighted by atomic mass is 16.8. The Hall–Kier alpha value is -0.680. The highest BCUT2D eigenvalue weighted by Gasteiger charge is 2.70. The summed E-state index contributed by atoms with van der Waals surface area (Å²) in [7, 11) is 0. The monoisotopic (exact) mass is 901 g/mol. The molecule has 0 aromatic rings. The maximum atomic E-state index is 11.8. The number of hydrogen-bond acceptors (Lipinski definition) is 17. The van der Waals surface area contributed by atoms with Crippen molar-refractivity contribution in [1.29, 1.82) is 0 Å². The van der Waals surface area contributed by atoms with Crippen LogP contribution in [-0.2, 0) is 37.9 Å². The average molecular weight is 901 g/mol. The summed E-state index contributed by atoms with van der Waals surface area (Å²) >= 11 is 0. The lowest BCUT2D eigenvalue weighted by molar-refractivity contribution is -0.390. The highest BCUT2D eigenvalue weighted by molar-refractivity contribution is 5.17. The van der Waals surface area contributed by atoms with E-state index in [2.05, 4.69) is 34.6 Å². The molecule has 0 aromatic heterocycles. The average Bonchev–Trinajstić information content (AvgIpc) is 3.70. The van der Waals surface area contributed by atoms with E-state index < -0.39 is 111 Å². The standard InChI is InChI=1S/C46H76O17/c1-20-7-14-46(56-19-20)21(2)30-27(63-46)15-26-24-9-11-43(4)16-23(8-13-45(43,6)25(24)10-12-44(26,30)5)58-41-37(55)38(33(51)29(18-48)59-41)61-42-39(35(53)32(50)28(17-47)60-42)62-40-36(54)34(52)31(49)22(3)57-40/h20-42,47-55H,7-19H2,1-6H3/t20-,21+,22+,23+,24-,25+,26+,27+,28-,29-,30+,31+,32-,33-,34-,35+,36-,37-,38+,39-,40+,41-,42+,43+,44+,45-,46-/m1/s1. The smallest absolute Gasteiger partial charge is 0.187 e. The van der Waals surface area contributed by atoms with E-state index >= 15 is 0 Å². The molecule has 27 atom stereocenters. The number of rotatable bonds is 8. The van der Waals surface area contributed by atoms with Gasteiger partial charge in [-0.1, -0.05) is 34.6 Å². The predicted molar refractivity (Wildman–Crippen MR) is 219 cm³/mol. The zero-order valence-corrected chi connectivity index (χ0v) is 37.8. The van der Waals surface area contributed by atoms with Gasteiger partial charge < -0.3 is 83.9 Å². The van der Waals surface area contributed by atoms with E-state index in [1.165, 1.54) is 19.8 Å². The molecular weight excluding hydrogens is 824 g/mol. The van der Waals surface area contributed by atoms with Gasteiger partial charge in [0.25, 0.3) is 0 Å². The van der Waals surface area contributed by atoms with Crippen molar-refractivity contribution in [3.05, 3.63) is 0 Å². The van der Waals surface area contributed by atoms with Crippen molar-refractivity contribution in [2.45, 2.75) is 216 Å². The number of ether oxygens (including phenoxy) is 8. The molecule has 63 heavy (non-hydrogen) atoms. The molecule has 0 bridgehead atoms. The minimum atomic E-state index is -1.81. The Labute approximate surface area is 370 Å². The van der Waals surface area contributed by atoms with Crippen LogP contribution in [0.25, 0.3) is 0 Å². The van der Waals surface area contributed by atoms with Gasteiger partial charge in [0, 0.05) is 12.3 Å². The summed E-state index contributed by atoms with van der Waals surface area (Å²) in [6, 6.07) is 0. The van der Waals surface area contributed by atoms with Gasteiger partial charge in [0.15, 0.2) is 24.7 Å². The van der Waals surface area contributed by atoms with E-state index in [0.29, 0.717) is 35.5 Å². The zero-order chi connectivity index (χ0) is 45.1. The molecular formula is C46H76O17. The number of hydrogen-bond donors (Lipinski definition) is 9. The molecule has 9 N–H and O–H groups in total. The van der Waals surface area contributed by atoms with Gasteiger partial charge in [0.05, 0.1) is 38.1 Å². The third-order valence-corrected chi connectivity index (χ3v) is 19.0. The first kappa shape index (κ1) is 47.4. The van der Waals surface area contributed by atoms with Crippen LogP contribution >= 0.6 is 0 Å². The predicted octanol–water partition coefficient (Wildman–Crippen LogP) is 0.684. The van der Waals surface area contributed by atoms with Gasteiger partial charge in [-0.05, 0) is 111 Å². The van der Waals surface area contributed by atoms with Gasteiger partial charge in [-0.25, -0.2) is 0 Å². The fourth-order valence-corrected chi connectivity index (χ4v) is 15.0. The van der Waals surface area contributed by atoms with Crippen molar-refractivity contribution < 1.29 is 83.9 Å². The molecule has 9 aliphatic rings. The van der Waals surface area contributed by atoms with Gasteiger partial charge in [-0.3, -0.25) is 0 Å². The third kappa shape index (κ3) is 7.62. The molecule has 9 fully saturated rings. The molecule has 17 nitrogen and oxygen atoms in total. The summed E-state index contributed by atoms with van der Waals surface area (Å²) in [5, 5.41) is 96.8. The summed E-state index contributed by atoms with van der Waals surface area (Å²) < 4.78 is 49.6. The van der Waals surface area contributed by atoms with Crippen molar-refractivity contribution in [2.24, 2.45) is 51.8 Å². The quantitative estimate of drug-likeness (QED) is 0.152. The molecule has 1 spiro atoms. The van der Waals surface area contributed by atoms with Crippen LogP contribution in [0.1, 0.15) is 106 Å². The first-order valence-electron chi connectivity index (χ1n) is 24.0. The summed E-state index contributed by atoms with van der Waals surface area (Å²) in [4.78, 5) is 0. The SMILES string of the molecule is C[C@@H]1CC[C@@]2(OC1)O[C@H]1C[C@H]3[C@@H]4CC[C@@]5(C)C[C@@H](O[C@@H]6O[C@H](CO)[C@@H](O)[C@H](O[C@@H]7O[C@H](CO)[C@@H](O)[C@H](O)[C@H]7O[C@@H]7O[C@@H](C)[C@H](O)[C@@H](O)[C@H]7O)[C@H]6O)CC[C@]5(C)[C@H]4CC[C@]3(C)[C@H]1[C@@H]2C. The molecule has 0 radical (unpaired) electrons. The van der Waals surface area contributed by atoms with Crippen LogP contribution in [-0.4, -0.2) is 176 Å². The molecule has 4 aliphatic carbocycles. The summed E-state index contributed by atoms with van der Waals surface area (Å²) in [5.41, 5.74) is 0.221. The van der Waals surface area contributed by atoms with E-state index in [0.717, 1.165) is 58.0 Å². The van der Waals surface area contributed by atoms with Gasteiger partial charge in [0.2, 0.25) is 0 Å². The minimum absolute atomic E-state index is 0.0607. The molecule has 362 valence electrons. The van der Waals surface area contributed by atoms with E-state index in [1.807, 2.05) is 0 Å². The Morgan fingerprint density at radius 2 is 1.29 bits per heavy atom. The molecule has 0 amide bonds. The van der Waals surface area contributed by atoms with Crippen molar-refractivity contribution >= 4 is 0 Å². The first-order valence-corrected chi connectivity index (χ1v) is 24.0. The Balaban J connectivity index is 0.876. The van der Waals surface area contributed by atoms with Crippen LogP contribution in [0, 0.1) is 51.8 Å². The second-order valence-corrected chi connectivity index (χ2v) is 22.2. The minimum Gasteiger partial charge on any atom is -0.394 e.